The van der Waals surface area contributed by atoms with Gasteiger partial charge in [-0.05, 0) is 29.8 Å². The van der Waals surface area contributed by atoms with E-state index in [1.807, 2.05) is 24.3 Å². The minimum absolute atomic E-state index is 0.128. The average molecular weight is 556 g/mol. The van der Waals surface area contributed by atoms with Gasteiger partial charge in [-0.3, -0.25) is 4.90 Å². The molecule has 1 N–H and O–H groups in total. The molecule has 1 saturated heterocycles. The van der Waals surface area contributed by atoms with Crippen LogP contribution in [0, 0.1) is 0 Å². The van der Waals surface area contributed by atoms with Crippen molar-refractivity contribution in [3.05, 3.63) is 66.1 Å². The number of halogens is 3. The van der Waals surface area contributed by atoms with Gasteiger partial charge in [-0.15, -0.1) is 10.2 Å². The maximum absolute atomic E-state index is 13.2. The van der Waals surface area contributed by atoms with Crippen molar-refractivity contribution in [1.82, 2.24) is 29.7 Å². The van der Waals surface area contributed by atoms with Crippen LogP contribution in [0.5, 0.6) is 5.75 Å². The number of alkyl halides is 3. The Bertz CT molecular complexity index is 1520. The smallest absolute Gasteiger partial charge is 0.446 e. The number of hydrogen-bond donors (Lipinski definition) is 1. The normalized spacial score (nSPS) is 19.5. The lowest BCUT2D eigenvalue weighted by Crippen LogP contribution is -2.53. The van der Waals surface area contributed by atoms with Gasteiger partial charge in [0.2, 0.25) is 0 Å². The van der Waals surface area contributed by atoms with E-state index in [0.29, 0.717) is 17.2 Å². The van der Waals surface area contributed by atoms with Crippen LogP contribution in [0.4, 0.5) is 19.0 Å². The van der Waals surface area contributed by atoms with Crippen molar-refractivity contribution in [3.63, 3.8) is 0 Å². The molecule has 1 fully saturated rings. The number of rotatable bonds is 6. The predicted molar refractivity (Wildman–Crippen MR) is 134 cm³/mol. The number of carbonyl (C=O) groups excluding carboxylic acids is 1. The van der Waals surface area contributed by atoms with Crippen molar-refractivity contribution in [2.75, 3.05) is 38.2 Å². The Hall–Kier alpha value is -4.30. The summed E-state index contributed by atoms with van der Waals surface area (Å²) >= 11 is 0. The highest BCUT2D eigenvalue weighted by molar-refractivity contribution is 5.76. The Labute approximate surface area is 225 Å². The molecule has 6 rings (SSSR count). The summed E-state index contributed by atoms with van der Waals surface area (Å²) in [5.41, 5.74) is 2.96. The van der Waals surface area contributed by atoms with Gasteiger partial charge in [0.05, 0.1) is 31.9 Å². The molecule has 4 aromatic rings. The van der Waals surface area contributed by atoms with Crippen molar-refractivity contribution in [3.8, 4) is 17.0 Å². The van der Waals surface area contributed by atoms with Crippen molar-refractivity contribution in [2.45, 2.75) is 24.9 Å². The zero-order valence-electron chi connectivity index (χ0n) is 21.1. The SMILES string of the molecule is O=C(OC1(Cc2nnc3ccc(-c4ccc(CN5CCOCC5)cc4)nn23)CNc2ncccc2O1)C(F)(F)F. The van der Waals surface area contributed by atoms with Crippen LogP contribution in [0.15, 0.2) is 54.7 Å². The standard InChI is InChI=1S/C26H24F3N7O4/c27-26(28,29)24(37)40-25(16-31-23-20(39-25)2-1-9-30-23)14-22-33-32-21-8-7-19(34-36(21)22)18-5-3-17(4-6-18)15-35-10-12-38-13-11-35/h1-9H,10-16H2,(H,30,31). The van der Waals surface area contributed by atoms with Crippen LogP contribution in [-0.2, 0) is 27.2 Å². The molecule has 0 bridgehead atoms. The quantitative estimate of drug-likeness (QED) is 0.356. The highest BCUT2D eigenvalue weighted by Gasteiger charge is 2.50. The molecular formula is C26H24F3N7O4. The van der Waals surface area contributed by atoms with E-state index in [1.165, 1.54) is 16.8 Å². The largest absolute Gasteiger partial charge is 0.491 e. The monoisotopic (exact) mass is 555 g/mol. The Balaban J connectivity index is 1.28. The number of fused-ring (bicyclic) bond motifs is 2. The molecule has 1 unspecified atom stereocenters. The van der Waals surface area contributed by atoms with Crippen LogP contribution in [0.1, 0.15) is 11.4 Å². The van der Waals surface area contributed by atoms with E-state index in [1.54, 1.807) is 18.2 Å². The number of morpholine rings is 1. The Morgan fingerprint density at radius 2 is 1.88 bits per heavy atom. The molecule has 2 aliphatic rings. The lowest BCUT2D eigenvalue weighted by molar-refractivity contribution is -0.238. The van der Waals surface area contributed by atoms with Crippen molar-refractivity contribution >= 4 is 17.4 Å². The first-order valence-corrected chi connectivity index (χ1v) is 12.6. The summed E-state index contributed by atoms with van der Waals surface area (Å²) in [5.74, 6) is -3.89. The highest BCUT2D eigenvalue weighted by Crippen LogP contribution is 2.35. The van der Waals surface area contributed by atoms with E-state index in [-0.39, 0.29) is 24.5 Å². The molecule has 14 heteroatoms. The van der Waals surface area contributed by atoms with Crippen LogP contribution in [-0.4, -0.2) is 80.5 Å². The molecule has 0 saturated carbocycles. The molecule has 3 aromatic heterocycles. The van der Waals surface area contributed by atoms with Gasteiger partial charge in [-0.1, -0.05) is 24.3 Å². The Morgan fingerprint density at radius 3 is 2.65 bits per heavy atom. The molecule has 5 heterocycles. The lowest BCUT2D eigenvalue weighted by atomic mass is 10.1. The number of carbonyl (C=O) groups is 1. The summed E-state index contributed by atoms with van der Waals surface area (Å²) in [7, 11) is 0. The number of ether oxygens (including phenoxy) is 3. The van der Waals surface area contributed by atoms with E-state index in [9.17, 15) is 18.0 Å². The van der Waals surface area contributed by atoms with Gasteiger partial charge < -0.3 is 19.5 Å². The summed E-state index contributed by atoms with van der Waals surface area (Å²) < 4.78 is 57.1. The average Bonchev–Trinajstić information content (AvgIpc) is 3.35. The summed E-state index contributed by atoms with van der Waals surface area (Å²) in [5, 5.41) is 15.7. The van der Waals surface area contributed by atoms with Crippen LogP contribution in [0.3, 0.4) is 0 Å². The molecule has 1 atom stereocenters. The number of nitrogens with zero attached hydrogens (tertiary/aromatic N) is 6. The zero-order valence-corrected chi connectivity index (χ0v) is 21.1. The van der Waals surface area contributed by atoms with Crippen LogP contribution in [0.25, 0.3) is 16.9 Å². The zero-order chi connectivity index (χ0) is 27.7. The Kier molecular flexibility index (Phi) is 6.72. The van der Waals surface area contributed by atoms with E-state index < -0.39 is 17.9 Å². The maximum atomic E-state index is 13.2. The minimum atomic E-state index is -5.22. The van der Waals surface area contributed by atoms with E-state index >= 15 is 0 Å². The molecule has 1 aromatic carbocycles. The molecule has 0 spiro atoms. The molecule has 0 amide bonds. The van der Waals surface area contributed by atoms with Gasteiger partial charge in [-0.25, -0.2) is 9.78 Å². The molecule has 2 aliphatic heterocycles. The number of nitrogens with one attached hydrogen (secondary N) is 1. The van der Waals surface area contributed by atoms with E-state index in [2.05, 4.69) is 30.5 Å². The van der Waals surface area contributed by atoms with Crippen LogP contribution >= 0.6 is 0 Å². The minimum Gasteiger partial charge on any atom is -0.446 e. The van der Waals surface area contributed by atoms with Crippen LogP contribution in [0.2, 0.25) is 0 Å². The molecule has 208 valence electrons. The maximum Gasteiger partial charge on any atom is 0.491 e. The van der Waals surface area contributed by atoms with Crippen molar-refractivity contribution in [2.24, 2.45) is 0 Å². The molecule has 0 aliphatic carbocycles. The molecule has 40 heavy (non-hydrogen) atoms. The first kappa shape index (κ1) is 26.0. The number of benzene rings is 1. The van der Waals surface area contributed by atoms with Crippen molar-refractivity contribution < 1.29 is 32.2 Å². The second-order valence-electron chi connectivity index (χ2n) is 9.47. The van der Waals surface area contributed by atoms with Gasteiger partial charge in [0.25, 0.3) is 5.79 Å². The van der Waals surface area contributed by atoms with Crippen LogP contribution < -0.4 is 10.1 Å². The van der Waals surface area contributed by atoms with Gasteiger partial charge in [0.15, 0.2) is 23.0 Å². The number of esters is 1. The van der Waals surface area contributed by atoms with Gasteiger partial charge in [0.1, 0.15) is 0 Å². The number of anilines is 1. The third-order valence-corrected chi connectivity index (χ3v) is 6.62. The topological polar surface area (TPSA) is 116 Å². The lowest BCUT2D eigenvalue weighted by Gasteiger charge is -2.37. The fraction of sp³-hybridized carbons (Fsp3) is 0.346. The van der Waals surface area contributed by atoms with Gasteiger partial charge in [-0.2, -0.15) is 22.8 Å². The molecule has 11 nitrogen and oxygen atoms in total. The number of hydrogen-bond acceptors (Lipinski definition) is 10. The third kappa shape index (κ3) is 5.40. The second kappa shape index (κ2) is 10.4. The highest BCUT2D eigenvalue weighted by atomic mass is 19.4. The molecule has 0 radical (unpaired) electrons. The summed E-state index contributed by atoms with van der Waals surface area (Å²) in [6.45, 7) is 3.74. The fourth-order valence-electron chi connectivity index (χ4n) is 4.62. The summed E-state index contributed by atoms with van der Waals surface area (Å²) in [6.07, 6.45) is -4.10. The van der Waals surface area contributed by atoms with Gasteiger partial charge in [0, 0.05) is 31.4 Å². The van der Waals surface area contributed by atoms with E-state index in [4.69, 9.17) is 14.2 Å². The van der Waals surface area contributed by atoms with Gasteiger partial charge >= 0.3 is 12.1 Å². The Morgan fingerprint density at radius 1 is 1.07 bits per heavy atom. The number of pyridine rings is 1. The third-order valence-electron chi connectivity index (χ3n) is 6.62. The van der Waals surface area contributed by atoms with Crippen molar-refractivity contribution in [1.29, 1.82) is 0 Å². The summed E-state index contributed by atoms with van der Waals surface area (Å²) in [6, 6.07) is 14.5. The first-order chi connectivity index (χ1) is 19.3. The van der Waals surface area contributed by atoms with E-state index in [0.717, 1.165) is 44.0 Å². The molecular weight excluding hydrogens is 531 g/mol. The summed E-state index contributed by atoms with van der Waals surface area (Å²) in [4.78, 5) is 18.3. The predicted octanol–water partition coefficient (Wildman–Crippen LogP) is 2.87. The number of aromatic nitrogens is 5. The fourth-order valence-corrected chi connectivity index (χ4v) is 4.62. The first-order valence-electron chi connectivity index (χ1n) is 12.6. The second-order valence-corrected chi connectivity index (χ2v) is 9.47.